The van der Waals surface area contributed by atoms with Crippen molar-refractivity contribution < 1.29 is 14.7 Å². The zero-order chi connectivity index (χ0) is 13.8. The van der Waals surface area contributed by atoms with E-state index in [4.69, 9.17) is 0 Å². The molecule has 0 bridgehead atoms. The van der Waals surface area contributed by atoms with Crippen LogP contribution in [-0.2, 0) is 4.79 Å². The maximum atomic E-state index is 11.9. The molecule has 1 saturated heterocycles. The highest BCUT2D eigenvalue weighted by Crippen LogP contribution is 2.13. The summed E-state index contributed by atoms with van der Waals surface area (Å²) in [6, 6.07) is 2.78. The number of aromatic hydroxyl groups is 1. The minimum Gasteiger partial charge on any atom is -0.505 e. The topological polar surface area (TPSA) is 82.5 Å². The first-order valence-electron chi connectivity index (χ1n) is 6.30. The van der Waals surface area contributed by atoms with E-state index in [1.165, 1.54) is 12.3 Å². The first-order valence-corrected chi connectivity index (χ1v) is 6.30. The van der Waals surface area contributed by atoms with Crippen molar-refractivity contribution in [3.05, 3.63) is 24.0 Å². The molecular weight excluding hydrogens is 246 g/mol. The van der Waals surface area contributed by atoms with Gasteiger partial charge in [0.05, 0.1) is 0 Å². The number of carbonyl (C=O) groups is 2. The fraction of sp³-hybridized carbons (Fsp3) is 0.462. The third kappa shape index (κ3) is 3.21. The van der Waals surface area contributed by atoms with Gasteiger partial charge < -0.3 is 15.3 Å². The highest BCUT2D eigenvalue weighted by molar-refractivity contribution is 5.94. The predicted molar refractivity (Wildman–Crippen MR) is 68.6 cm³/mol. The SMILES string of the molecule is C[C@@H](CN1CCCC1=O)NC(=O)c1ncccc1O. The number of aromatic nitrogens is 1. The minimum atomic E-state index is -0.433. The van der Waals surface area contributed by atoms with Crippen LogP contribution >= 0.6 is 0 Å². The fourth-order valence-electron chi connectivity index (χ4n) is 2.14. The van der Waals surface area contributed by atoms with E-state index in [0.29, 0.717) is 13.0 Å². The standard InChI is InChI=1S/C13H17N3O3/c1-9(8-16-7-3-5-11(16)18)15-13(19)12-10(17)4-2-6-14-12/h2,4,6,9,17H,3,5,7-8H2,1H3,(H,15,19)/t9-/m0/s1. The molecule has 19 heavy (non-hydrogen) atoms. The van der Waals surface area contributed by atoms with Crippen LogP contribution in [0.25, 0.3) is 0 Å². The van der Waals surface area contributed by atoms with Gasteiger partial charge in [-0.3, -0.25) is 9.59 Å². The van der Waals surface area contributed by atoms with Crippen molar-refractivity contribution in [1.29, 1.82) is 0 Å². The van der Waals surface area contributed by atoms with Crippen LogP contribution in [0.4, 0.5) is 0 Å². The van der Waals surface area contributed by atoms with E-state index in [9.17, 15) is 14.7 Å². The van der Waals surface area contributed by atoms with E-state index in [2.05, 4.69) is 10.3 Å². The number of carbonyl (C=O) groups excluding carboxylic acids is 2. The summed E-state index contributed by atoms with van der Waals surface area (Å²) in [5.41, 5.74) is 0.00194. The number of likely N-dealkylation sites (tertiary alicyclic amines) is 1. The first kappa shape index (κ1) is 13.3. The van der Waals surface area contributed by atoms with Crippen LogP contribution in [0.15, 0.2) is 18.3 Å². The van der Waals surface area contributed by atoms with Gasteiger partial charge in [-0.05, 0) is 25.5 Å². The summed E-state index contributed by atoms with van der Waals surface area (Å²) in [5, 5.41) is 12.3. The van der Waals surface area contributed by atoms with Crippen LogP contribution in [0.3, 0.4) is 0 Å². The third-order valence-corrected chi connectivity index (χ3v) is 3.04. The highest BCUT2D eigenvalue weighted by atomic mass is 16.3. The molecule has 102 valence electrons. The number of rotatable bonds is 4. The fourth-order valence-corrected chi connectivity index (χ4v) is 2.14. The Hall–Kier alpha value is -2.11. The monoisotopic (exact) mass is 263 g/mol. The molecule has 0 aromatic carbocycles. The Morgan fingerprint density at radius 3 is 3.05 bits per heavy atom. The lowest BCUT2D eigenvalue weighted by Crippen LogP contribution is -2.42. The quantitative estimate of drug-likeness (QED) is 0.830. The van der Waals surface area contributed by atoms with Gasteiger partial charge in [-0.2, -0.15) is 0 Å². The summed E-state index contributed by atoms with van der Waals surface area (Å²) in [6.45, 7) is 3.05. The first-order chi connectivity index (χ1) is 9.08. The van der Waals surface area contributed by atoms with Gasteiger partial charge in [0.1, 0.15) is 5.75 Å². The van der Waals surface area contributed by atoms with Gasteiger partial charge in [0.25, 0.3) is 5.91 Å². The molecule has 0 radical (unpaired) electrons. The number of nitrogens with zero attached hydrogens (tertiary/aromatic N) is 2. The Kier molecular flexibility index (Phi) is 3.99. The van der Waals surface area contributed by atoms with Crippen LogP contribution < -0.4 is 5.32 Å². The lowest BCUT2D eigenvalue weighted by molar-refractivity contribution is -0.127. The summed E-state index contributed by atoms with van der Waals surface area (Å²) in [4.78, 5) is 28.9. The predicted octanol–water partition coefficient (Wildman–Crippen LogP) is 0.528. The molecule has 2 amide bonds. The van der Waals surface area contributed by atoms with Crippen molar-refractivity contribution in [2.24, 2.45) is 0 Å². The summed E-state index contributed by atoms with van der Waals surface area (Å²) in [6.07, 6.45) is 2.91. The molecule has 1 atom stereocenters. The zero-order valence-electron chi connectivity index (χ0n) is 10.8. The van der Waals surface area contributed by atoms with Gasteiger partial charge in [-0.1, -0.05) is 0 Å². The van der Waals surface area contributed by atoms with Crippen LogP contribution in [0.1, 0.15) is 30.3 Å². The number of nitrogens with one attached hydrogen (secondary N) is 1. The molecule has 1 aliphatic heterocycles. The average molecular weight is 263 g/mol. The van der Waals surface area contributed by atoms with E-state index >= 15 is 0 Å². The molecular formula is C13H17N3O3. The third-order valence-electron chi connectivity index (χ3n) is 3.04. The van der Waals surface area contributed by atoms with E-state index < -0.39 is 5.91 Å². The van der Waals surface area contributed by atoms with Gasteiger partial charge in [-0.15, -0.1) is 0 Å². The van der Waals surface area contributed by atoms with Crippen LogP contribution in [0.5, 0.6) is 5.75 Å². The lowest BCUT2D eigenvalue weighted by Gasteiger charge is -2.21. The van der Waals surface area contributed by atoms with Crippen molar-refractivity contribution in [2.45, 2.75) is 25.8 Å². The number of amides is 2. The number of hydrogen-bond donors (Lipinski definition) is 2. The highest BCUT2D eigenvalue weighted by Gasteiger charge is 2.23. The van der Waals surface area contributed by atoms with Gasteiger partial charge in [0.2, 0.25) is 5.91 Å². The summed E-state index contributed by atoms with van der Waals surface area (Å²) < 4.78 is 0. The van der Waals surface area contributed by atoms with Crippen molar-refractivity contribution in [2.75, 3.05) is 13.1 Å². The van der Waals surface area contributed by atoms with Gasteiger partial charge >= 0.3 is 0 Å². The van der Waals surface area contributed by atoms with Crippen molar-refractivity contribution >= 4 is 11.8 Å². The molecule has 2 heterocycles. The molecule has 1 aromatic heterocycles. The van der Waals surface area contributed by atoms with Gasteiger partial charge in [0.15, 0.2) is 5.69 Å². The zero-order valence-corrected chi connectivity index (χ0v) is 10.8. The second kappa shape index (κ2) is 5.69. The van der Waals surface area contributed by atoms with Crippen LogP contribution in [0, 0.1) is 0 Å². The van der Waals surface area contributed by atoms with Crippen LogP contribution in [-0.4, -0.2) is 45.9 Å². The van der Waals surface area contributed by atoms with E-state index in [1.807, 2.05) is 6.92 Å². The van der Waals surface area contributed by atoms with Crippen molar-refractivity contribution in [3.63, 3.8) is 0 Å². The van der Waals surface area contributed by atoms with Gasteiger partial charge in [0, 0.05) is 31.7 Å². The smallest absolute Gasteiger partial charge is 0.274 e. The molecule has 1 aromatic rings. The Morgan fingerprint density at radius 2 is 2.42 bits per heavy atom. The lowest BCUT2D eigenvalue weighted by atomic mass is 10.2. The molecule has 1 fully saturated rings. The molecule has 6 nitrogen and oxygen atoms in total. The van der Waals surface area contributed by atoms with Crippen molar-refractivity contribution in [3.8, 4) is 5.75 Å². The van der Waals surface area contributed by atoms with Gasteiger partial charge in [-0.25, -0.2) is 4.98 Å². The Bertz CT molecular complexity index is 490. The van der Waals surface area contributed by atoms with Crippen LogP contribution in [0.2, 0.25) is 0 Å². The Balaban J connectivity index is 1.92. The summed E-state index contributed by atoms with van der Waals surface area (Å²) in [5.74, 6) is -0.455. The molecule has 2 rings (SSSR count). The molecule has 0 aliphatic carbocycles. The average Bonchev–Trinajstić information content (AvgIpc) is 2.75. The molecule has 2 N–H and O–H groups in total. The normalized spacial score (nSPS) is 16.5. The molecule has 0 unspecified atom stereocenters. The summed E-state index contributed by atoms with van der Waals surface area (Å²) >= 11 is 0. The summed E-state index contributed by atoms with van der Waals surface area (Å²) in [7, 11) is 0. The number of hydrogen-bond acceptors (Lipinski definition) is 4. The molecule has 6 heteroatoms. The Morgan fingerprint density at radius 1 is 1.63 bits per heavy atom. The molecule has 0 saturated carbocycles. The minimum absolute atomic E-state index is 0.00194. The largest absolute Gasteiger partial charge is 0.505 e. The molecule has 0 spiro atoms. The van der Waals surface area contributed by atoms with E-state index in [1.54, 1.807) is 11.0 Å². The molecule has 1 aliphatic rings. The number of pyridine rings is 1. The second-order valence-electron chi connectivity index (χ2n) is 4.69. The Labute approximate surface area is 111 Å². The van der Waals surface area contributed by atoms with Crippen molar-refractivity contribution in [1.82, 2.24) is 15.2 Å². The maximum absolute atomic E-state index is 11.9. The second-order valence-corrected chi connectivity index (χ2v) is 4.69. The van der Waals surface area contributed by atoms with E-state index in [0.717, 1.165) is 13.0 Å². The maximum Gasteiger partial charge on any atom is 0.274 e. The van der Waals surface area contributed by atoms with E-state index in [-0.39, 0.29) is 23.4 Å².